The van der Waals surface area contributed by atoms with Crippen LogP contribution in [0.3, 0.4) is 0 Å². The van der Waals surface area contributed by atoms with Crippen LogP contribution in [0.2, 0.25) is 0 Å². The third-order valence-corrected chi connectivity index (χ3v) is 8.36. The van der Waals surface area contributed by atoms with E-state index < -0.39 is 0 Å². The fraction of sp³-hybridized carbons (Fsp3) is 0.429. The topological polar surface area (TPSA) is 103 Å². The molecule has 8 nitrogen and oxygen atoms in total. The molecule has 2 fully saturated rings. The van der Waals surface area contributed by atoms with Gasteiger partial charge in [-0.2, -0.15) is 0 Å². The van der Waals surface area contributed by atoms with Gasteiger partial charge < -0.3 is 0 Å². The number of nitrogens with zero attached hydrogens (tertiary/aromatic N) is 8. The molecule has 8 heteroatoms. The van der Waals surface area contributed by atoms with E-state index >= 15 is 0 Å². The van der Waals surface area contributed by atoms with Crippen LogP contribution in [0.15, 0.2) is 74.9 Å². The summed E-state index contributed by atoms with van der Waals surface area (Å²) in [5.41, 5.74) is 4.95. The first-order valence-corrected chi connectivity index (χ1v) is 12.8. The molecule has 6 rings (SSSR count). The van der Waals surface area contributed by atoms with Crippen LogP contribution in [0.25, 0.3) is 0 Å². The molecule has 2 aliphatic carbocycles. The predicted octanol–water partition coefficient (Wildman–Crippen LogP) is 4.88. The average Bonchev–Trinajstić information content (AvgIpc) is 2.98. The molecule has 2 aliphatic rings. The molecule has 0 aromatic carbocycles. The van der Waals surface area contributed by atoms with Gasteiger partial charge in [0.1, 0.15) is 25.3 Å². The van der Waals surface area contributed by atoms with Crippen LogP contribution < -0.4 is 0 Å². The quantitative estimate of drug-likeness (QED) is 0.400. The summed E-state index contributed by atoms with van der Waals surface area (Å²) < 4.78 is 0. The normalized spacial score (nSPS) is 28.4. The molecule has 0 spiro atoms. The Kier molecular flexibility index (Phi) is 6.65. The van der Waals surface area contributed by atoms with Crippen LogP contribution in [-0.2, 0) is 0 Å². The van der Waals surface area contributed by atoms with Crippen molar-refractivity contribution < 1.29 is 0 Å². The van der Waals surface area contributed by atoms with Crippen molar-refractivity contribution in [3.05, 3.63) is 97.1 Å². The molecule has 182 valence electrons. The van der Waals surface area contributed by atoms with Crippen LogP contribution in [0.4, 0.5) is 0 Å². The van der Waals surface area contributed by atoms with Gasteiger partial charge in [-0.25, -0.2) is 39.9 Å². The summed E-state index contributed by atoms with van der Waals surface area (Å²) in [6.45, 7) is 0. The summed E-state index contributed by atoms with van der Waals surface area (Å²) in [4.78, 5) is 34.7. The minimum atomic E-state index is 0.425. The van der Waals surface area contributed by atoms with Crippen LogP contribution in [0.5, 0.6) is 0 Å². The Morgan fingerprint density at radius 3 is 0.778 bits per heavy atom. The minimum absolute atomic E-state index is 0.425. The zero-order valence-corrected chi connectivity index (χ0v) is 20.2. The molecule has 2 saturated carbocycles. The van der Waals surface area contributed by atoms with E-state index in [9.17, 15) is 0 Å². The maximum Gasteiger partial charge on any atom is 0.115 e. The van der Waals surface area contributed by atoms with Crippen molar-refractivity contribution in [1.29, 1.82) is 0 Å². The van der Waals surface area contributed by atoms with Gasteiger partial charge >= 0.3 is 0 Å². The molecular weight excluding hydrogens is 448 g/mol. The lowest BCUT2D eigenvalue weighted by atomic mass is 9.61. The fourth-order valence-corrected chi connectivity index (χ4v) is 6.67. The highest BCUT2D eigenvalue weighted by molar-refractivity contribution is 5.22. The van der Waals surface area contributed by atoms with E-state index in [0.717, 1.165) is 38.5 Å². The molecule has 4 heterocycles. The second-order valence-corrected chi connectivity index (χ2v) is 10.4. The minimum Gasteiger partial charge on any atom is -0.245 e. The third-order valence-electron chi connectivity index (χ3n) is 8.36. The van der Waals surface area contributed by atoms with Crippen molar-refractivity contribution >= 4 is 0 Å². The van der Waals surface area contributed by atoms with Gasteiger partial charge in [-0.3, -0.25) is 0 Å². The van der Waals surface area contributed by atoms with Gasteiger partial charge in [0.2, 0.25) is 0 Å². The van der Waals surface area contributed by atoms with E-state index in [-0.39, 0.29) is 0 Å². The summed E-state index contributed by atoms with van der Waals surface area (Å²) in [6, 6.07) is 0. The summed E-state index contributed by atoms with van der Waals surface area (Å²) >= 11 is 0. The van der Waals surface area contributed by atoms with Gasteiger partial charge in [0.25, 0.3) is 0 Å². The number of rotatable bonds is 5. The van der Waals surface area contributed by atoms with Gasteiger partial charge in [0.05, 0.1) is 0 Å². The van der Waals surface area contributed by atoms with E-state index in [2.05, 4.69) is 39.9 Å². The summed E-state index contributed by atoms with van der Waals surface area (Å²) in [6.07, 6.45) is 29.2. The molecule has 36 heavy (non-hydrogen) atoms. The van der Waals surface area contributed by atoms with Gasteiger partial charge in [0, 0.05) is 49.6 Å². The molecule has 0 saturated heterocycles. The Morgan fingerprint density at radius 2 is 0.556 bits per heavy atom. The third kappa shape index (κ3) is 4.98. The number of hydrogen-bond donors (Lipinski definition) is 0. The van der Waals surface area contributed by atoms with E-state index in [1.807, 2.05) is 49.6 Å². The molecule has 4 aromatic rings. The van der Waals surface area contributed by atoms with Gasteiger partial charge in [-0.1, -0.05) is 0 Å². The Bertz CT molecular complexity index is 1030. The molecule has 4 atom stereocenters. The summed E-state index contributed by atoms with van der Waals surface area (Å²) in [7, 11) is 0. The monoisotopic (exact) mass is 478 g/mol. The molecule has 0 radical (unpaired) electrons. The molecule has 4 aromatic heterocycles. The van der Waals surface area contributed by atoms with Gasteiger partial charge in [-0.15, -0.1) is 0 Å². The van der Waals surface area contributed by atoms with E-state index in [1.54, 1.807) is 25.3 Å². The van der Waals surface area contributed by atoms with Gasteiger partial charge in [-0.05, 0) is 96.3 Å². The SMILES string of the molecule is c1ncc(C2CC(c3cncnc3)CC(C3CC(c4cncnc4)CC(c4cncnc4)C3)C2)cn1. The van der Waals surface area contributed by atoms with Crippen LogP contribution in [0.1, 0.15) is 84.5 Å². The highest BCUT2D eigenvalue weighted by atomic mass is 14.8. The van der Waals surface area contributed by atoms with Crippen molar-refractivity contribution in [2.45, 2.75) is 62.2 Å². The van der Waals surface area contributed by atoms with Crippen LogP contribution >= 0.6 is 0 Å². The predicted molar refractivity (Wildman–Crippen MR) is 134 cm³/mol. The average molecular weight is 479 g/mol. The highest BCUT2D eigenvalue weighted by Crippen LogP contribution is 2.53. The van der Waals surface area contributed by atoms with E-state index in [4.69, 9.17) is 0 Å². The summed E-state index contributed by atoms with van der Waals surface area (Å²) in [5, 5.41) is 0. The Labute approximate surface area is 211 Å². The lowest BCUT2D eigenvalue weighted by Crippen LogP contribution is -2.31. The second kappa shape index (κ2) is 10.5. The molecule has 0 N–H and O–H groups in total. The molecule has 0 aliphatic heterocycles. The standard InChI is InChI=1S/C28H30N8/c1-19(2-22(26-9-31-16-32-10-26)5-21(1)25-7-29-15-30-8-25)20-3-23(27-11-33-17-34-12-27)6-24(4-20)28-13-35-18-36-14-28/h7-24H,1-6H2. The Balaban J connectivity index is 1.32. The lowest BCUT2D eigenvalue weighted by molar-refractivity contribution is 0.147. The highest BCUT2D eigenvalue weighted by Gasteiger charge is 2.40. The van der Waals surface area contributed by atoms with Crippen LogP contribution in [0, 0.1) is 11.8 Å². The van der Waals surface area contributed by atoms with Crippen LogP contribution in [-0.4, -0.2) is 39.9 Å². The first-order valence-electron chi connectivity index (χ1n) is 12.8. The molecular formula is C28H30N8. The first-order chi connectivity index (χ1) is 17.8. The van der Waals surface area contributed by atoms with Crippen molar-refractivity contribution in [3.8, 4) is 0 Å². The summed E-state index contributed by atoms with van der Waals surface area (Å²) in [5.74, 6) is 2.86. The van der Waals surface area contributed by atoms with E-state index in [1.165, 1.54) is 22.3 Å². The molecule has 0 bridgehead atoms. The smallest absolute Gasteiger partial charge is 0.115 e. The first kappa shape index (κ1) is 22.8. The van der Waals surface area contributed by atoms with Crippen molar-refractivity contribution in [2.24, 2.45) is 11.8 Å². The van der Waals surface area contributed by atoms with Gasteiger partial charge in [0.15, 0.2) is 0 Å². The maximum atomic E-state index is 4.34. The van der Waals surface area contributed by atoms with Crippen molar-refractivity contribution in [2.75, 3.05) is 0 Å². The lowest BCUT2D eigenvalue weighted by Gasteiger charge is -2.44. The number of aromatic nitrogens is 8. The Hall–Kier alpha value is -3.68. The largest absolute Gasteiger partial charge is 0.245 e. The zero-order chi connectivity index (χ0) is 24.2. The van der Waals surface area contributed by atoms with Crippen molar-refractivity contribution in [1.82, 2.24) is 39.9 Å². The fourth-order valence-electron chi connectivity index (χ4n) is 6.67. The van der Waals surface area contributed by atoms with E-state index in [0.29, 0.717) is 35.5 Å². The molecule has 0 amide bonds. The Morgan fingerprint density at radius 1 is 0.333 bits per heavy atom. The zero-order valence-electron chi connectivity index (χ0n) is 20.2. The van der Waals surface area contributed by atoms with Crippen molar-refractivity contribution in [3.63, 3.8) is 0 Å². The maximum absolute atomic E-state index is 4.34. The second-order valence-electron chi connectivity index (χ2n) is 10.4. The molecule has 4 unspecified atom stereocenters. The number of hydrogen-bond acceptors (Lipinski definition) is 8.